The first-order valence-electron chi connectivity index (χ1n) is 9.05. The number of halogens is 1. The van der Waals surface area contributed by atoms with Crippen molar-refractivity contribution in [2.45, 2.75) is 13.3 Å². The van der Waals surface area contributed by atoms with Crippen LogP contribution in [-0.4, -0.2) is 54.4 Å². The summed E-state index contributed by atoms with van der Waals surface area (Å²) in [5.74, 6) is -0.248. The third kappa shape index (κ3) is 5.06. The van der Waals surface area contributed by atoms with E-state index in [4.69, 9.17) is 4.74 Å². The van der Waals surface area contributed by atoms with Crippen molar-refractivity contribution >= 4 is 11.8 Å². The standard InChI is InChI=1S/C21H23FN2O3/c1-16-5-2-6-17(13-16)21(26)24-10-4-9-23(11-12-24)20(25)15-27-19-8-3-7-18(22)14-19/h2-3,5-8,13-14H,4,9-12,15H2,1H3. The summed E-state index contributed by atoms with van der Waals surface area (Å²) in [5, 5.41) is 0. The van der Waals surface area contributed by atoms with Gasteiger partial charge in [0.2, 0.25) is 0 Å². The van der Waals surface area contributed by atoms with Crippen LogP contribution < -0.4 is 4.74 Å². The molecule has 0 radical (unpaired) electrons. The molecule has 0 aromatic heterocycles. The van der Waals surface area contributed by atoms with Crippen LogP contribution in [-0.2, 0) is 4.79 Å². The van der Waals surface area contributed by atoms with Gasteiger partial charge in [-0.2, -0.15) is 0 Å². The van der Waals surface area contributed by atoms with E-state index in [1.165, 1.54) is 18.2 Å². The monoisotopic (exact) mass is 370 g/mol. The Bertz CT molecular complexity index is 825. The highest BCUT2D eigenvalue weighted by Crippen LogP contribution is 2.14. The summed E-state index contributed by atoms with van der Waals surface area (Å²) >= 11 is 0. The third-order valence-electron chi connectivity index (χ3n) is 4.56. The third-order valence-corrected chi connectivity index (χ3v) is 4.56. The Morgan fingerprint density at radius 3 is 2.52 bits per heavy atom. The van der Waals surface area contributed by atoms with Crippen molar-refractivity contribution in [2.75, 3.05) is 32.8 Å². The van der Waals surface area contributed by atoms with Crippen molar-refractivity contribution in [3.05, 3.63) is 65.5 Å². The number of amides is 2. The molecule has 0 spiro atoms. The van der Waals surface area contributed by atoms with Crippen LogP contribution in [0.4, 0.5) is 4.39 Å². The highest BCUT2D eigenvalue weighted by molar-refractivity contribution is 5.94. The molecule has 1 fully saturated rings. The van der Waals surface area contributed by atoms with Gasteiger partial charge in [-0.05, 0) is 37.6 Å². The van der Waals surface area contributed by atoms with Gasteiger partial charge >= 0.3 is 0 Å². The van der Waals surface area contributed by atoms with Gasteiger partial charge in [-0.25, -0.2) is 4.39 Å². The van der Waals surface area contributed by atoms with E-state index in [1.807, 2.05) is 31.2 Å². The van der Waals surface area contributed by atoms with E-state index in [9.17, 15) is 14.0 Å². The first kappa shape index (κ1) is 18.9. The first-order valence-corrected chi connectivity index (χ1v) is 9.05. The Hall–Kier alpha value is -2.89. The number of aryl methyl sites for hydroxylation is 1. The number of hydrogen-bond acceptors (Lipinski definition) is 3. The molecule has 0 aliphatic carbocycles. The zero-order valence-corrected chi connectivity index (χ0v) is 15.4. The number of hydrogen-bond donors (Lipinski definition) is 0. The summed E-state index contributed by atoms with van der Waals surface area (Å²) < 4.78 is 18.6. The highest BCUT2D eigenvalue weighted by atomic mass is 19.1. The average Bonchev–Trinajstić information content (AvgIpc) is 2.92. The van der Waals surface area contributed by atoms with E-state index in [-0.39, 0.29) is 18.4 Å². The normalized spacial score (nSPS) is 14.6. The number of carbonyl (C=O) groups excluding carboxylic acids is 2. The van der Waals surface area contributed by atoms with Gasteiger partial charge in [0.05, 0.1) is 0 Å². The zero-order valence-electron chi connectivity index (χ0n) is 15.4. The lowest BCUT2D eigenvalue weighted by atomic mass is 10.1. The predicted molar refractivity (Wildman–Crippen MR) is 100 cm³/mol. The fourth-order valence-electron chi connectivity index (χ4n) is 3.12. The van der Waals surface area contributed by atoms with Crippen LogP contribution in [0.25, 0.3) is 0 Å². The molecule has 3 rings (SSSR count). The SMILES string of the molecule is Cc1cccc(C(=O)N2CCCN(C(=O)COc3cccc(F)c3)CC2)c1. The molecule has 0 atom stereocenters. The Morgan fingerprint density at radius 1 is 1.00 bits per heavy atom. The van der Waals surface area contributed by atoms with Gasteiger partial charge < -0.3 is 14.5 Å². The second-order valence-corrected chi connectivity index (χ2v) is 6.64. The van der Waals surface area contributed by atoms with Crippen LogP contribution >= 0.6 is 0 Å². The maximum absolute atomic E-state index is 13.2. The average molecular weight is 370 g/mol. The van der Waals surface area contributed by atoms with E-state index in [0.29, 0.717) is 43.9 Å². The molecule has 1 aliphatic rings. The molecular weight excluding hydrogens is 347 g/mol. The van der Waals surface area contributed by atoms with Crippen molar-refractivity contribution in [3.63, 3.8) is 0 Å². The van der Waals surface area contributed by atoms with Gasteiger partial charge in [0, 0.05) is 37.8 Å². The van der Waals surface area contributed by atoms with Crippen molar-refractivity contribution in [3.8, 4) is 5.75 Å². The fourth-order valence-corrected chi connectivity index (χ4v) is 3.12. The molecule has 0 unspecified atom stereocenters. The smallest absolute Gasteiger partial charge is 0.260 e. The molecule has 1 aliphatic heterocycles. The number of ether oxygens (including phenoxy) is 1. The van der Waals surface area contributed by atoms with Crippen LogP contribution in [0, 0.1) is 12.7 Å². The Balaban J connectivity index is 1.54. The van der Waals surface area contributed by atoms with Crippen molar-refractivity contribution in [2.24, 2.45) is 0 Å². The molecule has 0 N–H and O–H groups in total. The van der Waals surface area contributed by atoms with Crippen molar-refractivity contribution < 1.29 is 18.7 Å². The van der Waals surface area contributed by atoms with Crippen molar-refractivity contribution in [1.29, 1.82) is 0 Å². The van der Waals surface area contributed by atoms with Gasteiger partial charge in [0.25, 0.3) is 11.8 Å². The number of nitrogens with zero attached hydrogens (tertiary/aromatic N) is 2. The van der Waals surface area contributed by atoms with Crippen molar-refractivity contribution in [1.82, 2.24) is 9.80 Å². The molecular formula is C21H23FN2O3. The van der Waals surface area contributed by atoms with Crippen LogP contribution in [0.3, 0.4) is 0 Å². The Labute approximate surface area is 158 Å². The number of carbonyl (C=O) groups is 2. The first-order chi connectivity index (χ1) is 13.0. The maximum Gasteiger partial charge on any atom is 0.260 e. The van der Waals surface area contributed by atoms with E-state index in [2.05, 4.69) is 0 Å². The van der Waals surface area contributed by atoms with Gasteiger partial charge in [-0.15, -0.1) is 0 Å². The summed E-state index contributed by atoms with van der Waals surface area (Å²) in [5.41, 5.74) is 1.71. The molecule has 5 nitrogen and oxygen atoms in total. The quantitative estimate of drug-likeness (QED) is 0.832. The van der Waals surface area contributed by atoms with E-state index >= 15 is 0 Å². The summed E-state index contributed by atoms with van der Waals surface area (Å²) in [6.07, 6.45) is 0.712. The van der Waals surface area contributed by atoms with E-state index < -0.39 is 5.82 Å². The fraction of sp³-hybridized carbons (Fsp3) is 0.333. The van der Waals surface area contributed by atoms with Crippen LogP contribution in [0.15, 0.2) is 48.5 Å². The summed E-state index contributed by atoms with van der Waals surface area (Å²) in [6, 6.07) is 13.2. The minimum atomic E-state index is -0.403. The van der Waals surface area contributed by atoms with Gasteiger partial charge in [-0.1, -0.05) is 23.8 Å². The molecule has 142 valence electrons. The molecule has 1 saturated heterocycles. The second kappa shape index (κ2) is 8.66. The highest BCUT2D eigenvalue weighted by Gasteiger charge is 2.23. The van der Waals surface area contributed by atoms with E-state index in [0.717, 1.165) is 5.56 Å². The lowest BCUT2D eigenvalue weighted by Gasteiger charge is -2.22. The molecule has 2 aromatic carbocycles. The number of rotatable bonds is 4. The summed E-state index contributed by atoms with van der Waals surface area (Å²) in [7, 11) is 0. The molecule has 1 heterocycles. The van der Waals surface area contributed by atoms with Gasteiger partial charge in [-0.3, -0.25) is 9.59 Å². The summed E-state index contributed by atoms with van der Waals surface area (Å²) in [6.45, 7) is 3.94. The molecule has 2 aromatic rings. The Kier molecular flexibility index (Phi) is 6.06. The molecule has 27 heavy (non-hydrogen) atoms. The Morgan fingerprint density at radius 2 is 1.74 bits per heavy atom. The largest absolute Gasteiger partial charge is 0.484 e. The van der Waals surface area contributed by atoms with Crippen LogP contribution in [0.1, 0.15) is 22.3 Å². The molecule has 0 bridgehead atoms. The van der Waals surface area contributed by atoms with Crippen LogP contribution in [0.2, 0.25) is 0 Å². The minimum absolute atomic E-state index is 0.0102. The minimum Gasteiger partial charge on any atom is -0.484 e. The lowest BCUT2D eigenvalue weighted by Crippen LogP contribution is -2.39. The van der Waals surface area contributed by atoms with Gasteiger partial charge in [0.15, 0.2) is 6.61 Å². The topological polar surface area (TPSA) is 49.9 Å². The summed E-state index contributed by atoms with van der Waals surface area (Å²) in [4.78, 5) is 28.6. The molecule has 2 amide bonds. The molecule has 6 heteroatoms. The van der Waals surface area contributed by atoms with Gasteiger partial charge in [0.1, 0.15) is 11.6 Å². The maximum atomic E-state index is 13.2. The van der Waals surface area contributed by atoms with E-state index in [1.54, 1.807) is 15.9 Å². The zero-order chi connectivity index (χ0) is 19.2. The van der Waals surface area contributed by atoms with Crippen LogP contribution in [0.5, 0.6) is 5.75 Å². The second-order valence-electron chi connectivity index (χ2n) is 6.64. The predicted octanol–water partition coefficient (Wildman–Crippen LogP) is 2.89. The molecule has 0 saturated carbocycles. The number of benzene rings is 2. The lowest BCUT2D eigenvalue weighted by molar-refractivity contribution is -0.133.